The zero-order chi connectivity index (χ0) is 28.8. The number of hydrogen-bond donors (Lipinski definition) is 0. The second-order valence-corrected chi connectivity index (χ2v) is 16.5. The molecule has 42 heavy (non-hydrogen) atoms. The Balaban J connectivity index is 1.40. The summed E-state index contributed by atoms with van der Waals surface area (Å²) in [6.07, 6.45) is 1.50. The highest BCUT2D eigenvalue weighted by Gasteiger charge is 2.45. The first-order valence-electron chi connectivity index (χ1n) is 14.1. The number of nitrogens with zero attached hydrogens (tertiary/aromatic N) is 1. The van der Waals surface area contributed by atoms with Crippen molar-refractivity contribution in [3.05, 3.63) is 152 Å². The van der Waals surface area contributed by atoms with Gasteiger partial charge in [-0.15, -0.1) is 0 Å². The van der Waals surface area contributed by atoms with Crippen LogP contribution in [0, 0.1) is 0 Å². The highest BCUT2D eigenvalue weighted by molar-refractivity contribution is 7.84. The van der Waals surface area contributed by atoms with E-state index in [1.807, 2.05) is 30.3 Å². The van der Waals surface area contributed by atoms with E-state index in [2.05, 4.69) is 97.1 Å². The van der Waals surface area contributed by atoms with Crippen LogP contribution in [-0.4, -0.2) is 37.1 Å². The number of para-hydroxylation sites is 1. The smallest absolute Gasteiger partial charge is 0.371 e. The molecule has 1 saturated heterocycles. The topological polar surface area (TPSA) is 46.6 Å². The van der Waals surface area contributed by atoms with Gasteiger partial charge in [0.25, 0.3) is 0 Å². The fourth-order valence-corrected chi connectivity index (χ4v) is 12.7. The van der Waals surface area contributed by atoms with E-state index in [4.69, 9.17) is 4.18 Å². The summed E-state index contributed by atoms with van der Waals surface area (Å²) in [5, 5.41) is 5.02. The predicted octanol–water partition coefficient (Wildman–Crippen LogP) is 6.02. The predicted molar refractivity (Wildman–Crippen MR) is 178 cm³/mol. The molecule has 0 N–H and O–H groups in total. The highest BCUT2D eigenvalue weighted by Crippen LogP contribution is 2.48. The van der Waals surface area contributed by atoms with Gasteiger partial charge in [-0.2, -0.15) is 12.7 Å². The van der Waals surface area contributed by atoms with E-state index in [-0.39, 0.29) is 11.7 Å². The molecule has 0 unspecified atom stereocenters. The van der Waals surface area contributed by atoms with Gasteiger partial charge in [-0.3, -0.25) is 0 Å². The molecule has 6 rings (SSSR count). The van der Waals surface area contributed by atoms with Crippen molar-refractivity contribution in [3.63, 3.8) is 0 Å². The van der Waals surface area contributed by atoms with Gasteiger partial charge < -0.3 is 4.18 Å². The van der Waals surface area contributed by atoms with E-state index in [0.717, 1.165) is 12.6 Å². The molecular formula is C35H33NO3P2S. The SMILES string of the molecule is O=S(=O)(Oc1ccccc1)N1C[C@@H](P(c2ccccc2)c2ccccc2)C[C@H]1CP(c1ccccc1)c1ccccc1. The molecule has 1 aliphatic heterocycles. The van der Waals surface area contributed by atoms with Crippen LogP contribution in [0.5, 0.6) is 5.75 Å². The Bertz CT molecular complexity index is 1580. The molecule has 0 radical (unpaired) electrons. The summed E-state index contributed by atoms with van der Waals surface area (Å²) in [5.74, 6) is 0.335. The number of hydrogen-bond acceptors (Lipinski definition) is 3. The van der Waals surface area contributed by atoms with E-state index >= 15 is 0 Å². The van der Waals surface area contributed by atoms with Gasteiger partial charge in [0, 0.05) is 18.2 Å². The van der Waals surface area contributed by atoms with Crippen LogP contribution in [0.3, 0.4) is 0 Å². The molecule has 0 amide bonds. The van der Waals surface area contributed by atoms with E-state index in [0.29, 0.717) is 12.3 Å². The van der Waals surface area contributed by atoms with E-state index in [1.54, 1.807) is 28.6 Å². The van der Waals surface area contributed by atoms with Gasteiger partial charge in [-0.25, -0.2) is 0 Å². The largest absolute Gasteiger partial charge is 0.385 e. The Morgan fingerprint density at radius 1 is 0.595 bits per heavy atom. The van der Waals surface area contributed by atoms with Crippen molar-refractivity contribution in [2.75, 3.05) is 12.7 Å². The highest BCUT2D eigenvalue weighted by atomic mass is 32.2. The Morgan fingerprint density at radius 3 is 1.45 bits per heavy atom. The van der Waals surface area contributed by atoms with E-state index in [1.165, 1.54) is 21.2 Å². The monoisotopic (exact) mass is 609 g/mol. The summed E-state index contributed by atoms with van der Waals surface area (Å²) in [4.78, 5) is 0. The van der Waals surface area contributed by atoms with Crippen molar-refractivity contribution in [2.45, 2.75) is 18.1 Å². The third-order valence-corrected chi connectivity index (χ3v) is 14.4. The third kappa shape index (κ3) is 6.66. The molecule has 1 aliphatic rings. The second kappa shape index (κ2) is 13.3. The van der Waals surface area contributed by atoms with Gasteiger partial charge in [0.15, 0.2) is 0 Å². The van der Waals surface area contributed by atoms with Crippen molar-refractivity contribution >= 4 is 47.4 Å². The van der Waals surface area contributed by atoms with Gasteiger partial charge in [-0.05, 0) is 61.8 Å². The van der Waals surface area contributed by atoms with E-state index < -0.39 is 26.1 Å². The van der Waals surface area contributed by atoms with Gasteiger partial charge >= 0.3 is 10.3 Å². The lowest BCUT2D eigenvalue weighted by molar-refractivity contribution is 0.355. The van der Waals surface area contributed by atoms with Gasteiger partial charge in [0.1, 0.15) is 5.75 Å². The summed E-state index contributed by atoms with van der Waals surface area (Å²) in [6.45, 7) is 0.419. The fourth-order valence-electron chi connectivity index (χ4n) is 5.67. The van der Waals surface area contributed by atoms with Crippen LogP contribution < -0.4 is 25.4 Å². The van der Waals surface area contributed by atoms with Crippen LogP contribution in [0.25, 0.3) is 0 Å². The lowest BCUT2D eigenvalue weighted by atomic mass is 10.2. The van der Waals surface area contributed by atoms with Crippen molar-refractivity contribution in [2.24, 2.45) is 0 Å². The number of benzene rings is 5. The maximum atomic E-state index is 14.0. The molecule has 5 aromatic rings. The fraction of sp³-hybridized carbons (Fsp3) is 0.143. The van der Waals surface area contributed by atoms with Crippen LogP contribution in [0.15, 0.2) is 152 Å². The molecule has 7 heteroatoms. The Kier molecular flexibility index (Phi) is 9.12. The lowest BCUT2D eigenvalue weighted by Gasteiger charge is -2.28. The molecule has 0 spiro atoms. The Morgan fingerprint density at radius 2 is 1.00 bits per heavy atom. The minimum absolute atomic E-state index is 0.146. The van der Waals surface area contributed by atoms with Gasteiger partial charge in [-0.1, -0.05) is 140 Å². The van der Waals surface area contributed by atoms with Crippen molar-refractivity contribution in [1.29, 1.82) is 0 Å². The van der Waals surface area contributed by atoms with Gasteiger partial charge in [0.2, 0.25) is 0 Å². The van der Waals surface area contributed by atoms with Crippen molar-refractivity contribution in [1.82, 2.24) is 4.31 Å². The van der Waals surface area contributed by atoms with Gasteiger partial charge in [0.05, 0.1) is 0 Å². The average Bonchev–Trinajstić information content (AvgIpc) is 3.46. The van der Waals surface area contributed by atoms with E-state index in [9.17, 15) is 8.42 Å². The van der Waals surface area contributed by atoms with Crippen LogP contribution in [0.1, 0.15) is 6.42 Å². The second-order valence-electron chi connectivity index (χ2n) is 10.3. The Labute approximate surface area is 251 Å². The molecule has 1 heterocycles. The average molecular weight is 610 g/mol. The first-order valence-corrected chi connectivity index (χ1v) is 18.4. The molecule has 0 aromatic heterocycles. The standard InChI is InChI=1S/C35H33NO3P2S/c37-42(38,39-30-16-6-1-7-17-30)36-27-35(41(33-22-12-4-13-23-33)34-24-14-5-15-25-34)26-29(36)28-40(31-18-8-2-9-19-31)32-20-10-3-11-21-32/h1-25,29,35H,26-28H2/t29-,35-/m0/s1. The van der Waals surface area contributed by atoms with Crippen molar-refractivity contribution in [3.8, 4) is 5.75 Å². The molecule has 4 nitrogen and oxygen atoms in total. The maximum absolute atomic E-state index is 14.0. The zero-order valence-electron chi connectivity index (χ0n) is 23.2. The maximum Gasteiger partial charge on any atom is 0.385 e. The number of rotatable bonds is 10. The minimum atomic E-state index is -4.05. The third-order valence-electron chi connectivity index (χ3n) is 7.54. The minimum Gasteiger partial charge on any atom is -0.371 e. The lowest BCUT2D eigenvalue weighted by Crippen LogP contribution is -2.41. The summed E-state index contributed by atoms with van der Waals surface area (Å²) >= 11 is 0. The van der Waals surface area contributed by atoms with Crippen molar-refractivity contribution < 1.29 is 12.6 Å². The molecule has 0 bridgehead atoms. The zero-order valence-corrected chi connectivity index (χ0v) is 25.8. The first kappa shape index (κ1) is 28.8. The molecular weight excluding hydrogens is 576 g/mol. The molecule has 1 fully saturated rings. The Hall–Kier alpha value is -3.33. The van der Waals surface area contributed by atoms with Crippen LogP contribution in [-0.2, 0) is 10.3 Å². The van der Waals surface area contributed by atoms with Crippen LogP contribution in [0.2, 0.25) is 0 Å². The first-order chi connectivity index (χ1) is 20.6. The molecule has 0 aliphatic carbocycles. The molecule has 2 atom stereocenters. The summed E-state index contributed by atoms with van der Waals surface area (Å²) in [6, 6.07) is 50.8. The summed E-state index contributed by atoms with van der Waals surface area (Å²) < 4.78 is 35.5. The normalized spacial score (nSPS) is 17.5. The molecule has 0 saturated carbocycles. The van der Waals surface area contributed by atoms with Crippen LogP contribution in [0.4, 0.5) is 0 Å². The summed E-state index contributed by atoms with van der Waals surface area (Å²) in [5.41, 5.74) is 0.146. The molecule has 5 aromatic carbocycles. The quantitative estimate of drug-likeness (QED) is 0.182. The molecule has 212 valence electrons. The summed E-state index contributed by atoms with van der Waals surface area (Å²) in [7, 11) is -5.64. The van der Waals surface area contributed by atoms with Crippen LogP contribution >= 0.6 is 15.8 Å².